The summed E-state index contributed by atoms with van der Waals surface area (Å²) in [4.78, 5) is 0. The number of rotatable bonds is 10. The maximum atomic E-state index is 4.54. The molecule has 1 saturated carbocycles. The van der Waals surface area contributed by atoms with E-state index in [4.69, 9.17) is 0 Å². The molecule has 0 aromatic carbocycles. The van der Waals surface area contributed by atoms with E-state index in [0.717, 1.165) is 12.3 Å². The van der Waals surface area contributed by atoms with E-state index in [0.29, 0.717) is 5.92 Å². The minimum Gasteiger partial charge on any atom is -0.155 e. The zero-order valence-electron chi connectivity index (χ0n) is 15.4. The fourth-order valence-electron chi connectivity index (χ4n) is 3.88. The maximum Gasteiger partial charge on any atom is 0.0662 e. The van der Waals surface area contributed by atoms with Gasteiger partial charge in [-0.1, -0.05) is 58.8 Å². The van der Waals surface area contributed by atoms with E-state index in [1.165, 1.54) is 88.4 Å². The average molecular weight is 317 g/mol. The normalized spacial score (nSPS) is 21.5. The van der Waals surface area contributed by atoms with Gasteiger partial charge in [0.15, 0.2) is 0 Å². The van der Waals surface area contributed by atoms with E-state index in [1.807, 2.05) is 0 Å². The fourth-order valence-corrected chi connectivity index (χ4v) is 3.88. The van der Waals surface area contributed by atoms with Crippen LogP contribution in [0.1, 0.15) is 108 Å². The average Bonchev–Trinajstić information content (AvgIpc) is 2.60. The lowest BCUT2D eigenvalue weighted by molar-refractivity contribution is 0.298. The standard InChI is InChI=1S/C21H36N2/c1-3-5-7-9-10-18-12-14-19(15-13-18)21-17-16-20(22-23-21)11-8-6-4-2/h16-19H,3-15H2,1-2H3/t18-,19-. The lowest BCUT2D eigenvalue weighted by Gasteiger charge is -2.28. The van der Waals surface area contributed by atoms with E-state index in [2.05, 4.69) is 36.2 Å². The molecular weight excluding hydrogens is 280 g/mol. The van der Waals surface area contributed by atoms with Crippen LogP contribution in [0.5, 0.6) is 0 Å². The molecule has 0 amide bonds. The molecule has 0 radical (unpaired) electrons. The zero-order valence-corrected chi connectivity index (χ0v) is 15.4. The summed E-state index contributed by atoms with van der Waals surface area (Å²) >= 11 is 0. The third kappa shape index (κ3) is 6.61. The molecule has 0 atom stereocenters. The van der Waals surface area contributed by atoms with Gasteiger partial charge in [-0.15, -0.1) is 0 Å². The molecule has 1 aromatic rings. The van der Waals surface area contributed by atoms with Crippen molar-refractivity contribution < 1.29 is 0 Å². The van der Waals surface area contributed by atoms with Crippen LogP contribution in [0, 0.1) is 5.92 Å². The van der Waals surface area contributed by atoms with Gasteiger partial charge in [0.1, 0.15) is 0 Å². The van der Waals surface area contributed by atoms with E-state index in [9.17, 15) is 0 Å². The summed E-state index contributed by atoms with van der Waals surface area (Å²) in [5.41, 5.74) is 2.42. The monoisotopic (exact) mass is 316 g/mol. The molecule has 1 heterocycles. The Labute approximate surface area is 143 Å². The van der Waals surface area contributed by atoms with E-state index >= 15 is 0 Å². The van der Waals surface area contributed by atoms with Gasteiger partial charge in [-0.3, -0.25) is 0 Å². The Morgan fingerprint density at radius 2 is 1.57 bits per heavy atom. The first-order chi connectivity index (χ1) is 11.3. The van der Waals surface area contributed by atoms with Gasteiger partial charge in [-0.2, -0.15) is 10.2 Å². The molecule has 2 rings (SSSR count). The van der Waals surface area contributed by atoms with Crippen molar-refractivity contribution >= 4 is 0 Å². The molecule has 0 saturated heterocycles. The minimum atomic E-state index is 0.666. The van der Waals surface area contributed by atoms with Gasteiger partial charge in [-0.05, 0) is 56.6 Å². The van der Waals surface area contributed by atoms with Crippen molar-refractivity contribution in [2.75, 3.05) is 0 Å². The van der Waals surface area contributed by atoms with Gasteiger partial charge in [0.05, 0.1) is 11.4 Å². The summed E-state index contributed by atoms with van der Waals surface area (Å²) < 4.78 is 0. The Bertz CT molecular complexity index is 404. The predicted octanol–water partition coefficient (Wildman–Crippen LogP) is 6.45. The molecule has 0 N–H and O–H groups in total. The van der Waals surface area contributed by atoms with Crippen LogP contribution in [-0.2, 0) is 6.42 Å². The fraction of sp³-hybridized carbons (Fsp3) is 0.810. The number of aromatic nitrogens is 2. The lowest BCUT2D eigenvalue weighted by Crippen LogP contribution is -2.15. The van der Waals surface area contributed by atoms with Crippen LogP contribution in [0.4, 0.5) is 0 Å². The molecule has 1 fully saturated rings. The number of aryl methyl sites for hydroxylation is 1. The Hall–Kier alpha value is -0.920. The second kappa shape index (κ2) is 10.8. The molecule has 1 aliphatic carbocycles. The van der Waals surface area contributed by atoms with E-state index in [-0.39, 0.29) is 0 Å². The maximum absolute atomic E-state index is 4.54. The van der Waals surface area contributed by atoms with Crippen LogP contribution in [0.2, 0.25) is 0 Å². The van der Waals surface area contributed by atoms with Crippen molar-refractivity contribution in [2.24, 2.45) is 5.92 Å². The Balaban J connectivity index is 1.70. The van der Waals surface area contributed by atoms with Crippen LogP contribution in [0.3, 0.4) is 0 Å². The van der Waals surface area contributed by atoms with Crippen molar-refractivity contribution in [3.8, 4) is 0 Å². The molecule has 23 heavy (non-hydrogen) atoms. The largest absolute Gasteiger partial charge is 0.155 e. The molecule has 0 unspecified atom stereocenters. The molecular formula is C21H36N2. The first-order valence-electron chi connectivity index (χ1n) is 10.2. The number of hydrogen-bond donors (Lipinski definition) is 0. The summed E-state index contributed by atoms with van der Waals surface area (Å²) in [6, 6.07) is 4.47. The van der Waals surface area contributed by atoms with Crippen LogP contribution in [0.15, 0.2) is 12.1 Å². The highest BCUT2D eigenvalue weighted by atomic mass is 15.1. The molecule has 2 nitrogen and oxygen atoms in total. The van der Waals surface area contributed by atoms with Gasteiger partial charge in [0, 0.05) is 5.92 Å². The second-order valence-electron chi connectivity index (χ2n) is 7.47. The van der Waals surface area contributed by atoms with Crippen LogP contribution < -0.4 is 0 Å². The van der Waals surface area contributed by atoms with Gasteiger partial charge >= 0.3 is 0 Å². The number of unbranched alkanes of at least 4 members (excludes halogenated alkanes) is 5. The minimum absolute atomic E-state index is 0.666. The first-order valence-corrected chi connectivity index (χ1v) is 10.2. The first kappa shape index (κ1) is 18.4. The highest BCUT2D eigenvalue weighted by Crippen LogP contribution is 2.36. The van der Waals surface area contributed by atoms with Gasteiger partial charge in [0.25, 0.3) is 0 Å². The van der Waals surface area contributed by atoms with Crippen molar-refractivity contribution in [3.63, 3.8) is 0 Å². The van der Waals surface area contributed by atoms with Crippen molar-refractivity contribution in [2.45, 2.75) is 103 Å². The Morgan fingerprint density at radius 3 is 2.22 bits per heavy atom. The van der Waals surface area contributed by atoms with Crippen LogP contribution in [-0.4, -0.2) is 10.2 Å². The van der Waals surface area contributed by atoms with Gasteiger partial charge in [0.2, 0.25) is 0 Å². The molecule has 0 spiro atoms. The highest BCUT2D eigenvalue weighted by Gasteiger charge is 2.23. The van der Waals surface area contributed by atoms with Crippen LogP contribution >= 0.6 is 0 Å². The highest BCUT2D eigenvalue weighted by molar-refractivity contribution is 5.12. The van der Waals surface area contributed by atoms with Crippen molar-refractivity contribution in [1.29, 1.82) is 0 Å². The Morgan fingerprint density at radius 1 is 0.826 bits per heavy atom. The van der Waals surface area contributed by atoms with Crippen molar-refractivity contribution in [1.82, 2.24) is 10.2 Å². The molecule has 0 aliphatic heterocycles. The van der Waals surface area contributed by atoms with Crippen molar-refractivity contribution in [3.05, 3.63) is 23.5 Å². The summed E-state index contributed by atoms with van der Waals surface area (Å²) in [6.45, 7) is 4.54. The summed E-state index contributed by atoms with van der Waals surface area (Å²) in [5, 5.41) is 9.01. The van der Waals surface area contributed by atoms with Gasteiger partial charge in [-0.25, -0.2) is 0 Å². The Kier molecular flexibility index (Phi) is 8.63. The molecule has 130 valence electrons. The topological polar surface area (TPSA) is 25.8 Å². The quantitative estimate of drug-likeness (QED) is 0.463. The summed E-state index contributed by atoms with van der Waals surface area (Å²) in [6.07, 6.45) is 17.4. The molecule has 1 aromatic heterocycles. The van der Waals surface area contributed by atoms with Gasteiger partial charge < -0.3 is 0 Å². The summed E-state index contributed by atoms with van der Waals surface area (Å²) in [7, 11) is 0. The lowest BCUT2D eigenvalue weighted by atomic mass is 9.78. The zero-order chi connectivity index (χ0) is 16.3. The van der Waals surface area contributed by atoms with E-state index in [1.54, 1.807) is 0 Å². The molecule has 2 heteroatoms. The predicted molar refractivity (Wildman–Crippen MR) is 98.7 cm³/mol. The number of nitrogens with zero attached hydrogens (tertiary/aromatic N) is 2. The third-order valence-electron chi connectivity index (χ3n) is 5.51. The summed E-state index contributed by atoms with van der Waals surface area (Å²) in [5.74, 6) is 1.64. The smallest absolute Gasteiger partial charge is 0.0662 e. The van der Waals surface area contributed by atoms with E-state index < -0.39 is 0 Å². The second-order valence-corrected chi connectivity index (χ2v) is 7.47. The number of hydrogen-bond acceptors (Lipinski definition) is 2. The molecule has 0 bridgehead atoms. The third-order valence-corrected chi connectivity index (χ3v) is 5.51. The molecule has 1 aliphatic rings. The SMILES string of the molecule is CCCCCC[C@H]1CC[C@H](c2ccc(CCCCC)nn2)CC1. The van der Waals surface area contributed by atoms with Crippen LogP contribution in [0.25, 0.3) is 0 Å².